The normalized spacial score (nSPS) is 10.1. The Bertz CT molecular complexity index is 669. The maximum atomic E-state index is 12.3. The van der Waals surface area contributed by atoms with Crippen molar-refractivity contribution in [2.24, 2.45) is 0 Å². The summed E-state index contributed by atoms with van der Waals surface area (Å²) in [5.74, 6) is 1.07. The number of hydrogen-bond donors (Lipinski definition) is 1. The van der Waals surface area contributed by atoms with Crippen molar-refractivity contribution in [1.29, 1.82) is 0 Å². The molecule has 1 aromatic heterocycles. The van der Waals surface area contributed by atoms with E-state index < -0.39 is 0 Å². The number of benzene rings is 1. The van der Waals surface area contributed by atoms with E-state index in [0.717, 1.165) is 11.3 Å². The zero-order chi connectivity index (χ0) is 15.4. The predicted molar refractivity (Wildman–Crippen MR) is 81.2 cm³/mol. The van der Waals surface area contributed by atoms with Gasteiger partial charge in [0, 0.05) is 11.6 Å². The van der Waals surface area contributed by atoms with Crippen molar-refractivity contribution in [3.05, 3.63) is 47.2 Å². The third-order valence-corrected chi connectivity index (χ3v) is 3.20. The first kappa shape index (κ1) is 14.8. The number of rotatable bonds is 4. The molecule has 0 saturated carbocycles. The number of nitrogens with zero attached hydrogens (tertiary/aromatic N) is 1. The molecule has 5 nitrogen and oxygen atoms in total. The Morgan fingerprint density at radius 3 is 2.43 bits per heavy atom. The van der Waals surface area contributed by atoms with Gasteiger partial charge in [0.15, 0.2) is 0 Å². The van der Waals surface area contributed by atoms with Crippen molar-refractivity contribution in [3.63, 3.8) is 0 Å². The number of amides is 1. The fourth-order valence-electron chi connectivity index (χ4n) is 1.99. The molecule has 1 N–H and O–H groups in total. The number of aromatic nitrogens is 1. The van der Waals surface area contributed by atoms with Crippen molar-refractivity contribution in [1.82, 2.24) is 4.98 Å². The largest absolute Gasteiger partial charge is 0.497 e. The zero-order valence-corrected chi connectivity index (χ0v) is 12.6. The van der Waals surface area contributed by atoms with Crippen LogP contribution in [-0.4, -0.2) is 25.1 Å². The van der Waals surface area contributed by atoms with Crippen LogP contribution in [0.1, 0.15) is 21.6 Å². The van der Waals surface area contributed by atoms with Crippen LogP contribution in [-0.2, 0) is 0 Å². The first-order valence-electron chi connectivity index (χ1n) is 6.52. The Hall–Kier alpha value is -2.56. The molecule has 0 fully saturated rings. The molecular weight excluding hydrogens is 268 g/mol. The van der Waals surface area contributed by atoms with Gasteiger partial charge < -0.3 is 14.8 Å². The Balaban J connectivity index is 2.22. The molecule has 1 heterocycles. The minimum atomic E-state index is -0.176. The smallest absolute Gasteiger partial charge is 0.255 e. The van der Waals surface area contributed by atoms with E-state index in [2.05, 4.69) is 10.3 Å². The summed E-state index contributed by atoms with van der Waals surface area (Å²) in [5.41, 5.74) is 2.82. The Kier molecular flexibility index (Phi) is 4.42. The zero-order valence-electron chi connectivity index (χ0n) is 12.6. The summed E-state index contributed by atoms with van der Waals surface area (Å²) >= 11 is 0. The summed E-state index contributed by atoms with van der Waals surface area (Å²) < 4.78 is 10.2. The number of pyridine rings is 1. The van der Waals surface area contributed by atoms with E-state index >= 15 is 0 Å². The quantitative estimate of drug-likeness (QED) is 0.938. The summed E-state index contributed by atoms with van der Waals surface area (Å²) in [7, 11) is 3.15. The maximum Gasteiger partial charge on any atom is 0.255 e. The standard InChI is InChI=1S/C16H18N2O3/c1-10-9-12(20-3)5-6-13(10)16(19)18-14-7-8-15(21-4)17-11(14)2/h5-9H,1-4H3,(H,18,19). The molecule has 0 unspecified atom stereocenters. The van der Waals surface area contributed by atoms with Gasteiger partial charge in [-0.2, -0.15) is 0 Å². The molecule has 1 aromatic carbocycles. The number of nitrogens with one attached hydrogen (secondary N) is 1. The lowest BCUT2D eigenvalue weighted by atomic mass is 10.1. The minimum absolute atomic E-state index is 0.176. The molecule has 0 radical (unpaired) electrons. The third-order valence-electron chi connectivity index (χ3n) is 3.20. The number of methoxy groups -OCH3 is 2. The topological polar surface area (TPSA) is 60.5 Å². The fourth-order valence-corrected chi connectivity index (χ4v) is 1.99. The Morgan fingerprint density at radius 2 is 1.86 bits per heavy atom. The molecule has 0 aliphatic heterocycles. The van der Waals surface area contributed by atoms with E-state index in [9.17, 15) is 4.79 Å². The number of anilines is 1. The average Bonchev–Trinajstić information content (AvgIpc) is 2.48. The predicted octanol–water partition coefficient (Wildman–Crippen LogP) is 2.97. The molecule has 21 heavy (non-hydrogen) atoms. The summed E-state index contributed by atoms with van der Waals surface area (Å²) in [6, 6.07) is 8.83. The molecule has 2 aromatic rings. The van der Waals surface area contributed by atoms with E-state index in [-0.39, 0.29) is 5.91 Å². The van der Waals surface area contributed by atoms with Gasteiger partial charge in [0.05, 0.1) is 25.6 Å². The second-order valence-corrected chi connectivity index (χ2v) is 4.62. The summed E-state index contributed by atoms with van der Waals surface area (Å²) in [6.07, 6.45) is 0. The molecule has 1 amide bonds. The second kappa shape index (κ2) is 6.26. The van der Waals surface area contributed by atoms with E-state index in [4.69, 9.17) is 9.47 Å². The lowest BCUT2D eigenvalue weighted by molar-refractivity contribution is 0.102. The van der Waals surface area contributed by atoms with Crippen LogP contribution in [0, 0.1) is 13.8 Å². The number of aryl methyl sites for hydroxylation is 2. The van der Waals surface area contributed by atoms with E-state index in [1.807, 2.05) is 19.9 Å². The Labute approximate surface area is 123 Å². The fraction of sp³-hybridized carbons (Fsp3) is 0.250. The van der Waals surface area contributed by atoms with Crippen molar-refractivity contribution in [3.8, 4) is 11.6 Å². The number of ether oxygens (including phenoxy) is 2. The van der Waals surface area contributed by atoms with Crippen LogP contribution in [0.4, 0.5) is 5.69 Å². The van der Waals surface area contributed by atoms with E-state index in [1.54, 1.807) is 38.5 Å². The van der Waals surface area contributed by atoms with Crippen molar-refractivity contribution < 1.29 is 14.3 Å². The van der Waals surface area contributed by atoms with Crippen LogP contribution in [0.3, 0.4) is 0 Å². The highest BCUT2D eigenvalue weighted by atomic mass is 16.5. The van der Waals surface area contributed by atoms with Crippen LogP contribution in [0.25, 0.3) is 0 Å². The molecule has 0 spiro atoms. The molecule has 0 aliphatic rings. The van der Waals surface area contributed by atoms with Crippen molar-refractivity contribution >= 4 is 11.6 Å². The third kappa shape index (κ3) is 3.31. The average molecular weight is 286 g/mol. The van der Waals surface area contributed by atoms with Gasteiger partial charge in [0.2, 0.25) is 5.88 Å². The van der Waals surface area contributed by atoms with Crippen molar-refractivity contribution in [2.45, 2.75) is 13.8 Å². The molecular formula is C16H18N2O3. The molecule has 0 bridgehead atoms. The van der Waals surface area contributed by atoms with E-state index in [0.29, 0.717) is 22.8 Å². The van der Waals surface area contributed by atoms with Crippen LogP contribution in [0.2, 0.25) is 0 Å². The van der Waals surface area contributed by atoms with Crippen molar-refractivity contribution in [2.75, 3.05) is 19.5 Å². The second-order valence-electron chi connectivity index (χ2n) is 4.62. The van der Waals surface area contributed by atoms with Gasteiger partial charge in [-0.05, 0) is 43.7 Å². The molecule has 5 heteroatoms. The highest BCUT2D eigenvalue weighted by Crippen LogP contribution is 2.20. The number of carbonyl (C=O) groups is 1. The lowest BCUT2D eigenvalue weighted by Gasteiger charge is -2.11. The van der Waals surface area contributed by atoms with E-state index in [1.165, 1.54) is 0 Å². The van der Waals surface area contributed by atoms with Gasteiger partial charge in [-0.1, -0.05) is 0 Å². The first-order chi connectivity index (χ1) is 10.0. The minimum Gasteiger partial charge on any atom is -0.497 e. The molecule has 0 atom stereocenters. The van der Waals surface area contributed by atoms with Crippen LogP contribution >= 0.6 is 0 Å². The monoisotopic (exact) mass is 286 g/mol. The van der Waals surface area contributed by atoms with Gasteiger partial charge in [-0.15, -0.1) is 0 Å². The molecule has 0 aliphatic carbocycles. The summed E-state index contributed by atoms with van der Waals surface area (Å²) in [6.45, 7) is 3.69. The lowest BCUT2D eigenvalue weighted by Crippen LogP contribution is -2.14. The summed E-state index contributed by atoms with van der Waals surface area (Å²) in [4.78, 5) is 16.6. The van der Waals surface area contributed by atoms with Crippen LogP contribution in [0.5, 0.6) is 11.6 Å². The SMILES string of the molecule is COc1ccc(C(=O)Nc2ccc(OC)nc2C)c(C)c1. The number of carbonyl (C=O) groups excluding carboxylic acids is 1. The highest BCUT2D eigenvalue weighted by molar-refractivity contribution is 6.05. The van der Waals surface area contributed by atoms with Gasteiger partial charge in [-0.3, -0.25) is 4.79 Å². The summed E-state index contributed by atoms with van der Waals surface area (Å²) in [5, 5.41) is 2.86. The number of hydrogen-bond acceptors (Lipinski definition) is 4. The Morgan fingerprint density at radius 1 is 1.10 bits per heavy atom. The molecule has 0 saturated heterocycles. The van der Waals surface area contributed by atoms with Gasteiger partial charge in [-0.25, -0.2) is 4.98 Å². The molecule has 2 rings (SSSR count). The van der Waals surface area contributed by atoms with Gasteiger partial charge >= 0.3 is 0 Å². The molecule has 110 valence electrons. The highest BCUT2D eigenvalue weighted by Gasteiger charge is 2.12. The van der Waals surface area contributed by atoms with Gasteiger partial charge in [0.25, 0.3) is 5.91 Å². The van der Waals surface area contributed by atoms with Gasteiger partial charge in [0.1, 0.15) is 5.75 Å². The maximum absolute atomic E-state index is 12.3. The van der Waals surface area contributed by atoms with Crippen LogP contribution < -0.4 is 14.8 Å². The first-order valence-corrected chi connectivity index (χ1v) is 6.52. The van der Waals surface area contributed by atoms with Crippen LogP contribution in [0.15, 0.2) is 30.3 Å².